The van der Waals surface area contributed by atoms with E-state index in [9.17, 15) is 4.79 Å². The van der Waals surface area contributed by atoms with Crippen molar-refractivity contribution in [3.63, 3.8) is 0 Å². The molecule has 2 aromatic rings. The van der Waals surface area contributed by atoms with Crippen LogP contribution in [0, 0.1) is 6.92 Å². The van der Waals surface area contributed by atoms with E-state index >= 15 is 0 Å². The first-order chi connectivity index (χ1) is 10.7. The van der Waals surface area contributed by atoms with Crippen molar-refractivity contribution in [3.05, 3.63) is 36.4 Å². The zero-order valence-corrected chi connectivity index (χ0v) is 13.7. The van der Waals surface area contributed by atoms with Gasteiger partial charge in [0.05, 0.1) is 19.4 Å². The molecule has 1 atom stereocenters. The second kappa shape index (κ2) is 8.10. The van der Waals surface area contributed by atoms with Gasteiger partial charge in [0, 0.05) is 37.2 Å². The highest BCUT2D eigenvalue weighted by atomic mass is 35.5. The number of amides is 1. The Bertz CT molecular complexity index is 636. The predicted octanol–water partition coefficient (Wildman–Crippen LogP) is 2.39. The molecule has 6 nitrogen and oxygen atoms in total. The van der Waals surface area contributed by atoms with Crippen LogP contribution in [0.25, 0.3) is 11.3 Å². The fourth-order valence-electron chi connectivity index (χ4n) is 2.40. The number of halogens is 1. The van der Waals surface area contributed by atoms with Crippen molar-refractivity contribution < 1.29 is 13.9 Å². The van der Waals surface area contributed by atoms with Crippen LogP contribution in [0.1, 0.15) is 12.3 Å². The topological polar surface area (TPSA) is 76.4 Å². The van der Waals surface area contributed by atoms with E-state index in [1.165, 1.54) is 0 Å². The Labute approximate surface area is 141 Å². The standard InChI is InChI=1S/C16H19N3O3.ClH/c1-11-18-9-15(22-11)12-2-4-13(5-3-12)19-16(20)8-14-10-21-7-6-17-14;/h2-5,9,14,17H,6-8,10H2,1H3,(H,19,20);1H. The van der Waals surface area contributed by atoms with E-state index in [0.717, 1.165) is 23.6 Å². The molecule has 1 unspecified atom stereocenters. The van der Waals surface area contributed by atoms with Crippen molar-refractivity contribution in [2.45, 2.75) is 19.4 Å². The van der Waals surface area contributed by atoms with Gasteiger partial charge in [0.25, 0.3) is 0 Å². The van der Waals surface area contributed by atoms with Crippen molar-refractivity contribution in [2.24, 2.45) is 0 Å². The molecule has 124 valence electrons. The van der Waals surface area contributed by atoms with E-state index < -0.39 is 0 Å². The minimum atomic E-state index is -0.0220. The molecule has 1 aromatic heterocycles. The van der Waals surface area contributed by atoms with Crippen LogP contribution in [0.2, 0.25) is 0 Å². The van der Waals surface area contributed by atoms with Gasteiger partial charge in [-0.1, -0.05) is 0 Å². The minimum absolute atomic E-state index is 0. The fourth-order valence-corrected chi connectivity index (χ4v) is 2.40. The van der Waals surface area contributed by atoms with Crippen LogP contribution in [-0.4, -0.2) is 36.7 Å². The maximum Gasteiger partial charge on any atom is 0.226 e. The van der Waals surface area contributed by atoms with Gasteiger partial charge >= 0.3 is 0 Å². The second-order valence-corrected chi connectivity index (χ2v) is 5.30. The Kier molecular flexibility index (Phi) is 6.15. The molecule has 0 spiro atoms. The molecule has 0 aliphatic carbocycles. The molecular formula is C16H20ClN3O3. The fraction of sp³-hybridized carbons (Fsp3) is 0.375. The number of morpholine rings is 1. The molecule has 1 aliphatic heterocycles. The first-order valence-corrected chi connectivity index (χ1v) is 7.34. The van der Waals surface area contributed by atoms with Crippen molar-refractivity contribution in [1.82, 2.24) is 10.3 Å². The van der Waals surface area contributed by atoms with Crippen LogP contribution < -0.4 is 10.6 Å². The largest absolute Gasteiger partial charge is 0.441 e. The van der Waals surface area contributed by atoms with Crippen LogP contribution in [0.5, 0.6) is 0 Å². The average molecular weight is 338 g/mol. The van der Waals surface area contributed by atoms with E-state index in [1.54, 1.807) is 13.1 Å². The van der Waals surface area contributed by atoms with Crippen molar-refractivity contribution in [2.75, 3.05) is 25.1 Å². The molecule has 2 N–H and O–H groups in total. The lowest BCUT2D eigenvalue weighted by Crippen LogP contribution is -2.43. The number of anilines is 1. The van der Waals surface area contributed by atoms with Crippen LogP contribution in [0.3, 0.4) is 0 Å². The maximum absolute atomic E-state index is 12.0. The second-order valence-electron chi connectivity index (χ2n) is 5.30. The number of aromatic nitrogens is 1. The van der Waals surface area contributed by atoms with Gasteiger partial charge in [0.15, 0.2) is 11.7 Å². The van der Waals surface area contributed by atoms with E-state index in [1.807, 2.05) is 24.3 Å². The Balaban J connectivity index is 0.00000192. The third-order valence-electron chi connectivity index (χ3n) is 3.50. The summed E-state index contributed by atoms with van der Waals surface area (Å²) in [5.74, 6) is 1.33. The van der Waals surface area contributed by atoms with E-state index in [4.69, 9.17) is 9.15 Å². The number of aryl methyl sites for hydroxylation is 1. The summed E-state index contributed by atoms with van der Waals surface area (Å²) in [6.45, 7) is 3.89. The predicted molar refractivity (Wildman–Crippen MR) is 89.8 cm³/mol. The highest BCUT2D eigenvalue weighted by molar-refractivity contribution is 5.91. The van der Waals surface area contributed by atoms with Crippen LogP contribution >= 0.6 is 12.4 Å². The number of nitrogens with one attached hydrogen (secondary N) is 2. The smallest absolute Gasteiger partial charge is 0.226 e. The summed E-state index contributed by atoms with van der Waals surface area (Å²) in [6.07, 6.45) is 2.10. The number of hydrogen-bond acceptors (Lipinski definition) is 5. The van der Waals surface area contributed by atoms with Gasteiger partial charge in [-0.3, -0.25) is 4.79 Å². The van der Waals surface area contributed by atoms with Gasteiger partial charge in [-0.2, -0.15) is 0 Å². The molecule has 1 aliphatic rings. The van der Waals surface area contributed by atoms with Gasteiger partial charge in [-0.15, -0.1) is 12.4 Å². The number of carbonyl (C=O) groups is 1. The SMILES string of the molecule is Cc1ncc(-c2ccc(NC(=O)CC3COCCN3)cc2)o1.Cl. The minimum Gasteiger partial charge on any atom is -0.441 e. The Morgan fingerprint density at radius 3 is 2.78 bits per heavy atom. The van der Waals surface area contributed by atoms with Gasteiger partial charge in [-0.25, -0.2) is 4.98 Å². The summed E-state index contributed by atoms with van der Waals surface area (Å²) in [4.78, 5) is 16.1. The summed E-state index contributed by atoms with van der Waals surface area (Å²) in [5.41, 5.74) is 1.70. The van der Waals surface area contributed by atoms with E-state index in [0.29, 0.717) is 25.5 Å². The molecule has 2 heterocycles. The monoisotopic (exact) mass is 337 g/mol. The number of benzene rings is 1. The molecular weight excluding hydrogens is 318 g/mol. The number of oxazole rings is 1. The van der Waals surface area contributed by atoms with Gasteiger partial charge < -0.3 is 19.8 Å². The van der Waals surface area contributed by atoms with Crippen molar-refractivity contribution in [1.29, 1.82) is 0 Å². The van der Waals surface area contributed by atoms with Crippen molar-refractivity contribution in [3.8, 4) is 11.3 Å². The highest BCUT2D eigenvalue weighted by Crippen LogP contribution is 2.22. The lowest BCUT2D eigenvalue weighted by atomic mass is 10.1. The number of ether oxygens (including phenoxy) is 1. The van der Waals surface area contributed by atoms with E-state index in [-0.39, 0.29) is 24.4 Å². The lowest BCUT2D eigenvalue weighted by Gasteiger charge is -2.23. The number of hydrogen-bond donors (Lipinski definition) is 2. The molecule has 1 saturated heterocycles. The van der Waals surface area contributed by atoms with Gasteiger partial charge in [0.1, 0.15) is 0 Å². The summed E-state index contributed by atoms with van der Waals surface area (Å²) in [6, 6.07) is 7.60. The Hall–Kier alpha value is -1.89. The molecule has 1 aromatic carbocycles. The van der Waals surface area contributed by atoms with Crippen LogP contribution in [-0.2, 0) is 9.53 Å². The molecule has 0 radical (unpaired) electrons. The van der Waals surface area contributed by atoms with Crippen LogP contribution in [0.15, 0.2) is 34.9 Å². The molecule has 3 rings (SSSR count). The molecule has 23 heavy (non-hydrogen) atoms. The lowest BCUT2D eigenvalue weighted by molar-refractivity contribution is -0.117. The molecule has 1 amide bonds. The summed E-state index contributed by atoms with van der Waals surface area (Å²) in [5, 5.41) is 6.16. The molecule has 0 saturated carbocycles. The van der Waals surface area contributed by atoms with Crippen LogP contribution in [0.4, 0.5) is 5.69 Å². The summed E-state index contributed by atoms with van der Waals surface area (Å²) >= 11 is 0. The maximum atomic E-state index is 12.0. The number of nitrogens with zero attached hydrogens (tertiary/aromatic N) is 1. The summed E-state index contributed by atoms with van der Waals surface area (Å²) < 4.78 is 10.8. The first-order valence-electron chi connectivity index (χ1n) is 7.34. The highest BCUT2D eigenvalue weighted by Gasteiger charge is 2.16. The van der Waals surface area contributed by atoms with E-state index in [2.05, 4.69) is 15.6 Å². The van der Waals surface area contributed by atoms with Crippen molar-refractivity contribution >= 4 is 24.0 Å². The number of rotatable bonds is 4. The van der Waals surface area contributed by atoms with Gasteiger partial charge in [0.2, 0.25) is 5.91 Å². The Morgan fingerprint density at radius 1 is 1.39 bits per heavy atom. The average Bonchev–Trinajstić information content (AvgIpc) is 2.95. The summed E-state index contributed by atoms with van der Waals surface area (Å²) in [7, 11) is 0. The third-order valence-corrected chi connectivity index (χ3v) is 3.50. The third kappa shape index (κ3) is 4.79. The molecule has 7 heteroatoms. The number of carbonyl (C=O) groups excluding carboxylic acids is 1. The molecule has 1 fully saturated rings. The normalized spacial score (nSPS) is 17.3. The van der Waals surface area contributed by atoms with Gasteiger partial charge in [-0.05, 0) is 24.3 Å². The zero-order valence-electron chi connectivity index (χ0n) is 12.9. The Morgan fingerprint density at radius 2 is 2.17 bits per heavy atom. The quantitative estimate of drug-likeness (QED) is 0.895. The zero-order chi connectivity index (χ0) is 15.4. The first kappa shape index (κ1) is 17.5. The molecule has 0 bridgehead atoms.